The molecule has 0 heterocycles. The predicted molar refractivity (Wildman–Crippen MR) is 127 cm³/mol. The standard InChI is InChI=1S/C24H25ClN2O4S/c1-18(19-9-5-3-6-10-19)16-26-24(28)17-27(20-13-14-23(31-2)22(25)15-20)32(29,30)21-11-7-4-8-12-21/h3-15,18H,16-17H2,1-2H3,(H,26,28). The Balaban J connectivity index is 1.84. The highest BCUT2D eigenvalue weighted by Gasteiger charge is 2.27. The van der Waals surface area contributed by atoms with Gasteiger partial charge in [-0.3, -0.25) is 9.10 Å². The van der Waals surface area contributed by atoms with Gasteiger partial charge in [0.2, 0.25) is 5.91 Å². The predicted octanol–water partition coefficient (Wildman–Crippen LogP) is 4.46. The molecule has 0 aromatic heterocycles. The van der Waals surface area contributed by atoms with Gasteiger partial charge in [-0.2, -0.15) is 0 Å². The Labute approximate surface area is 193 Å². The van der Waals surface area contributed by atoms with Crippen LogP contribution in [-0.2, 0) is 14.8 Å². The zero-order valence-corrected chi connectivity index (χ0v) is 19.4. The van der Waals surface area contributed by atoms with Crippen LogP contribution in [-0.4, -0.2) is 34.5 Å². The molecule has 0 aliphatic rings. The Kier molecular flexibility index (Phi) is 7.77. The van der Waals surface area contributed by atoms with Crippen LogP contribution in [0.2, 0.25) is 5.02 Å². The maximum atomic E-state index is 13.4. The van der Waals surface area contributed by atoms with Gasteiger partial charge in [0.25, 0.3) is 10.0 Å². The van der Waals surface area contributed by atoms with Crippen LogP contribution in [0.5, 0.6) is 5.75 Å². The van der Waals surface area contributed by atoms with Crippen molar-refractivity contribution in [3.05, 3.63) is 89.4 Å². The number of carbonyl (C=O) groups is 1. The van der Waals surface area contributed by atoms with Gasteiger partial charge >= 0.3 is 0 Å². The molecular formula is C24H25ClN2O4S. The summed E-state index contributed by atoms with van der Waals surface area (Å²) in [6.45, 7) is 1.99. The van der Waals surface area contributed by atoms with E-state index in [0.29, 0.717) is 12.3 Å². The lowest BCUT2D eigenvalue weighted by Crippen LogP contribution is -2.41. The molecule has 8 heteroatoms. The van der Waals surface area contributed by atoms with Crippen LogP contribution in [0.15, 0.2) is 83.8 Å². The van der Waals surface area contributed by atoms with E-state index < -0.39 is 15.9 Å². The van der Waals surface area contributed by atoms with Crippen molar-refractivity contribution in [3.8, 4) is 5.75 Å². The average Bonchev–Trinajstić information content (AvgIpc) is 2.82. The highest BCUT2D eigenvalue weighted by molar-refractivity contribution is 7.92. The van der Waals surface area contributed by atoms with Crippen LogP contribution >= 0.6 is 11.6 Å². The number of hydrogen-bond acceptors (Lipinski definition) is 4. The lowest BCUT2D eigenvalue weighted by Gasteiger charge is -2.25. The first kappa shape index (κ1) is 23.6. The Morgan fingerprint density at radius 1 is 1.03 bits per heavy atom. The average molecular weight is 473 g/mol. The Hall–Kier alpha value is -3.03. The summed E-state index contributed by atoms with van der Waals surface area (Å²) in [6, 6.07) is 22.4. The summed E-state index contributed by atoms with van der Waals surface area (Å²) in [5, 5.41) is 3.09. The summed E-state index contributed by atoms with van der Waals surface area (Å²) in [5.41, 5.74) is 1.36. The zero-order chi connectivity index (χ0) is 23.1. The molecule has 1 unspecified atom stereocenters. The minimum absolute atomic E-state index is 0.0785. The van der Waals surface area contributed by atoms with Gasteiger partial charge in [0, 0.05) is 6.54 Å². The van der Waals surface area contributed by atoms with Gasteiger partial charge in [-0.25, -0.2) is 8.42 Å². The van der Waals surface area contributed by atoms with Gasteiger partial charge < -0.3 is 10.1 Å². The normalized spacial score (nSPS) is 12.1. The van der Waals surface area contributed by atoms with Crippen molar-refractivity contribution in [2.45, 2.75) is 17.7 Å². The summed E-state index contributed by atoms with van der Waals surface area (Å²) < 4.78 is 32.9. The molecule has 3 aromatic carbocycles. The van der Waals surface area contributed by atoms with E-state index >= 15 is 0 Å². The van der Waals surface area contributed by atoms with Gasteiger partial charge in [-0.1, -0.05) is 67.1 Å². The Bertz CT molecular complexity index is 1160. The van der Waals surface area contributed by atoms with Crippen LogP contribution in [0.3, 0.4) is 0 Å². The van der Waals surface area contributed by atoms with Gasteiger partial charge in [-0.05, 0) is 41.8 Å². The molecule has 3 rings (SSSR count). The van der Waals surface area contributed by atoms with E-state index in [1.807, 2.05) is 37.3 Å². The quantitative estimate of drug-likeness (QED) is 0.498. The number of benzene rings is 3. The van der Waals surface area contributed by atoms with Crippen molar-refractivity contribution in [2.24, 2.45) is 0 Å². The summed E-state index contributed by atoms with van der Waals surface area (Å²) >= 11 is 6.23. The van der Waals surface area contributed by atoms with E-state index in [1.165, 1.54) is 25.3 Å². The van der Waals surface area contributed by atoms with Crippen molar-refractivity contribution >= 4 is 33.2 Å². The number of hydrogen-bond donors (Lipinski definition) is 1. The largest absolute Gasteiger partial charge is 0.495 e. The number of nitrogens with one attached hydrogen (secondary N) is 1. The van der Waals surface area contributed by atoms with Crippen LogP contribution < -0.4 is 14.4 Å². The third kappa shape index (κ3) is 5.60. The molecule has 168 valence electrons. The summed E-state index contributed by atoms with van der Waals surface area (Å²) in [7, 11) is -2.53. The van der Waals surface area contributed by atoms with E-state index in [1.54, 1.807) is 30.3 Å². The number of halogens is 1. The molecule has 1 amide bonds. The molecule has 0 fully saturated rings. The number of ether oxygens (including phenoxy) is 1. The fourth-order valence-electron chi connectivity index (χ4n) is 3.20. The molecule has 0 aliphatic heterocycles. The molecule has 1 N–H and O–H groups in total. The smallest absolute Gasteiger partial charge is 0.264 e. The fraction of sp³-hybridized carbons (Fsp3) is 0.208. The van der Waals surface area contributed by atoms with Gasteiger partial charge in [0.1, 0.15) is 12.3 Å². The molecule has 6 nitrogen and oxygen atoms in total. The van der Waals surface area contributed by atoms with E-state index in [9.17, 15) is 13.2 Å². The molecule has 0 radical (unpaired) electrons. The highest BCUT2D eigenvalue weighted by atomic mass is 35.5. The molecule has 3 aromatic rings. The number of rotatable bonds is 9. The van der Waals surface area contributed by atoms with Crippen molar-refractivity contribution < 1.29 is 17.9 Å². The first-order valence-electron chi connectivity index (χ1n) is 10.1. The molecule has 0 saturated carbocycles. The summed E-state index contributed by atoms with van der Waals surface area (Å²) in [5.74, 6) is 0.0719. The maximum Gasteiger partial charge on any atom is 0.264 e. The van der Waals surface area contributed by atoms with E-state index in [4.69, 9.17) is 16.3 Å². The zero-order valence-electron chi connectivity index (χ0n) is 17.9. The Morgan fingerprint density at radius 2 is 1.66 bits per heavy atom. The molecular weight excluding hydrogens is 448 g/mol. The number of nitrogens with zero attached hydrogens (tertiary/aromatic N) is 1. The molecule has 32 heavy (non-hydrogen) atoms. The number of amides is 1. The molecule has 0 spiro atoms. The number of sulfonamides is 1. The number of carbonyl (C=O) groups excluding carboxylic acids is 1. The third-order valence-electron chi connectivity index (χ3n) is 5.02. The van der Waals surface area contributed by atoms with Gasteiger partial charge in [0.05, 0.1) is 22.7 Å². The van der Waals surface area contributed by atoms with Crippen molar-refractivity contribution in [3.63, 3.8) is 0 Å². The van der Waals surface area contributed by atoms with Crippen molar-refractivity contribution in [1.82, 2.24) is 5.32 Å². The highest BCUT2D eigenvalue weighted by Crippen LogP contribution is 2.31. The minimum Gasteiger partial charge on any atom is -0.495 e. The summed E-state index contributed by atoms with van der Waals surface area (Å²) in [4.78, 5) is 12.9. The monoisotopic (exact) mass is 472 g/mol. The lowest BCUT2D eigenvalue weighted by atomic mass is 10.0. The molecule has 1 atom stereocenters. The molecule has 0 saturated heterocycles. The van der Waals surface area contributed by atoms with Crippen LogP contribution in [0, 0.1) is 0 Å². The second kappa shape index (κ2) is 10.5. The van der Waals surface area contributed by atoms with Crippen LogP contribution in [0.4, 0.5) is 5.69 Å². The number of methoxy groups -OCH3 is 1. The molecule has 0 bridgehead atoms. The van der Waals surface area contributed by atoms with Crippen molar-refractivity contribution in [2.75, 3.05) is 24.5 Å². The second-order valence-corrected chi connectivity index (χ2v) is 9.53. The second-order valence-electron chi connectivity index (χ2n) is 7.26. The van der Waals surface area contributed by atoms with E-state index in [2.05, 4.69) is 5.32 Å². The number of anilines is 1. The van der Waals surface area contributed by atoms with E-state index in [-0.39, 0.29) is 28.1 Å². The van der Waals surface area contributed by atoms with Crippen molar-refractivity contribution in [1.29, 1.82) is 0 Å². The SMILES string of the molecule is COc1ccc(N(CC(=O)NCC(C)c2ccccc2)S(=O)(=O)c2ccccc2)cc1Cl. The van der Waals surface area contributed by atoms with Gasteiger partial charge in [-0.15, -0.1) is 0 Å². The molecule has 0 aliphatic carbocycles. The minimum atomic E-state index is -4.00. The fourth-order valence-corrected chi connectivity index (χ4v) is 4.88. The van der Waals surface area contributed by atoms with E-state index in [0.717, 1.165) is 9.87 Å². The van der Waals surface area contributed by atoms with Gasteiger partial charge in [0.15, 0.2) is 0 Å². The third-order valence-corrected chi connectivity index (χ3v) is 7.10. The first-order chi connectivity index (χ1) is 15.3. The lowest BCUT2D eigenvalue weighted by molar-refractivity contribution is -0.119. The maximum absolute atomic E-state index is 13.4. The topological polar surface area (TPSA) is 75.7 Å². The first-order valence-corrected chi connectivity index (χ1v) is 11.9. The van der Waals surface area contributed by atoms with Crippen LogP contribution in [0.25, 0.3) is 0 Å². The summed E-state index contributed by atoms with van der Waals surface area (Å²) in [6.07, 6.45) is 0. The van der Waals surface area contributed by atoms with Crippen LogP contribution in [0.1, 0.15) is 18.4 Å². The Morgan fingerprint density at radius 3 is 2.25 bits per heavy atom.